The van der Waals surface area contributed by atoms with Gasteiger partial charge in [-0.25, -0.2) is 4.99 Å². The van der Waals surface area contributed by atoms with E-state index in [1.54, 1.807) is 0 Å². The Morgan fingerprint density at radius 2 is 1.45 bits per heavy atom. The number of benzene rings is 2. The van der Waals surface area contributed by atoms with Gasteiger partial charge in [0, 0.05) is 17.8 Å². The van der Waals surface area contributed by atoms with Crippen molar-refractivity contribution in [2.75, 3.05) is 7.05 Å². The first-order valence-electron chi connectivity index (χ1n) is 6.99. The predicted molar refractivity (Wildman–Crippen MR) is 93.5 cm³/mol. The molecule has 0 radical (unpaired) electrons. The summed E-state index contributed by atoms with van der Waals surface area (Å²) in [5, 5.41) is 3.23. The molecule has 2 aromatic carbocycles. The van der Waals surface area contributed by atoms with Crippen LogP contribution in [-0.2, 0) is 0 Å². The van der Waals surface area contributed by atoms with Gasteiger partial charge in [-0.1, -0.05) is 48.0 Å². The average molecular weight is 330 g/mol. The zero-order valence-electron chi connectivity index (χ0n) is 11.9. The number of likely N-dealkylation sites (N-methyl/N-ethyl adjacent to an activating group) is 1. The Morgan fingerprint density at radius 1 is 0.909 bits per heavy atom. The van der Waals surface area contributed by atoms with E-state index in [-0.39, 0.29) is 6.17 Å². The molecule has 1 unspecified atom stereocenters. The fraction of sp³-hybridized carbons (Fsp3) is 0.118. The van der Waals surface area contributed by atoms with Crippen molar-refractivity contribution >= 4 is 50.3 Å². The van der Waals surface area contributed by atoms with Crippen LogP contribution in [0, 0.1) is 0 Å². The molecule has 1 aliphatic rings. The zero-order chi connectivity index (χ0) is 15.3. The third-order valence-corrected chi connectivity index (χ3v) is 4.62. The quantitative estimate of drug-likeness (QED) is 0.581. The third kappa shape index (κ3) is 1.93. The normalized spacial score (nSPS) is 18.7. The van der Waals surface area contributed by atoms with Crippen molar-refractivity contribution in [1.29, 1.82) is 0 Å². The highest BCUT2D eigenvalue weighted by Gasteiger charge is 2.25. The van der Waals surface area contributed by atoms with Crippen molar-refractivity contribution in [3.8, 4) is 0 Å². The average Bonchev–Trinajstić information content (AvgIpc) is 2.85. The number of amidine groups is 1. The van der Waals surface area contributed by atoms with E-state index in [4.69, 9.17) is 23.2 Å². The molecule has 1 atom stereocenters. The van der Waals surface area contributed by atoms with E-state index in [1.165, 1.54) is 10.8 Å². The molecule has 1 aliphatic heterocycles. The standard InChI is InChI=1S/C17H13Cl2N3/c1-21-16(10-15(18)20-17(21)19)22-13-8-4-2-6-11(13)12-7-3-5-9-14(12)22/h2-10,16H,1H3. The fourth-order valence-electron chi connectivity index (χ4n) is 3.03. The Hall–Kier alpha value is -1.97. The van der Waals surface area contributed by atoms with Gasteiger partial charge in [0.05, 0.1) is 11.0 Å². The van der Waals surface area contributed by atoms with E-state index in [0.717, 1.165) is 11.0 Å². The lowest BCUT2D eigenvalue weighted by Crippen LogP contribution is -2.32. The summed E-state index contributed by atoms with van der Waals surface area (Å²) >= 11 is 12.4. The van der Waals surface area contributed by atoms with Crippen molar-refractivity contribution in [3.63, 3.8) is 0 Å². The summed E-state index contributed by atoms with van der Waals surface area (Å²) in [6, 6.07) is 16.7. The number of aromatic nitrogens is 1. The Kier molecular flexibility index (Phi) is 3.13. The Morgan fingerprint density at radius 3 is 2.05 bits per heavy atom. The molecule has 110 valence electrons. The maximum atomic E-state index is 6.21. The molecule has 22 heavy (non-hydrogen) atoms. The summed E-state index contributed by atoms with van der Waals surface area (Å²) in [6.07, 6.45) is 1.80. The summed E-state index contributed by atoms with van der Waals surface area (Å²) in [5.41, 5.74) is 2.29. The first-order chi connectivity index (χ1) is 10.7. The van der Waals surface area contributed by atoms with Gasteiger partial charge < -0.3 is 9.47 Å². The first-order valence-corrected chi connectivity index (χ1v) is 7.74. The van der Waals surface area contributed by atoms with Crippen molar-refractivity contribution in [2.45, 2.75) is 6.17 Å². The van der Waals surface area contributed by atoms with E-state index in [0.29, 0.717) is 10.5 Å². The molecule has 1 aromatic heterocycles. The molecule has 0 amide bonds. The Balaban J connectivity index is 2.07. The molecule has 2 heterocycles. The molecular formula is C17H13Cl2N3. The van der Waals surface area contributed by atoms with E-state index < -0.39 is 0 Å². The summed E-state index contributed by atoms with van der Waals surface area (Å²) in [7, 11) is 1.92. The van der Waals surface area contributed by atoms with Crippen molar-refractivity contribution < 1.29 is 0 Å². The molecule has 0 bridgehead atoms. The SMILES string of the molecule is CN1C(Cl)=NC(Cl)=CC1n1c2ccccc2c2ccccc21. The van der Waals surface area contributed by atoms with Gasteiger partial charge in [-0.15, -0.1) is 0 Å². The lowest BCUT2D eigenvalue weighted by molar-refractivity contribution is 0.352. The molecule has 3 aromatic rings. The Labute approximate surface area is 138 Å². The number of hydrogen-bond acceptors (Lipinski definition) is 2. The second kappa shape index (κ2) is 5.04. The lowest BCUT2D eigenvalue weighted by atomic mass is 10.2. The predicted octanol–water partition coefficient (Wildman–Crippen LogP) is 4.91. The third-order valence-electron chi connectivity index (χ3n) is 4.06. The highest BCUT2D eigenvalue weighted by atomic mass is 35.5. The van der Waals surface area contributed by atoms with E-state index in [1.807, 2.05) is 30.2 Å². The number of nitrogens with zero attached hydrogens (tertiary/aromatic N) is 3. The molecule has 0 aliphatic carbocycles. The van der Waals surface area contributed by atoms with Crippen LogP contribution in [0.2, 0.25) is 0 Å². The summed E-state index contributed by atoms with van der Waals surface area (Å²) in [5.74, 6) is 0. The van der Waals surface area contributed by atoms with Crippen LogP contribution >= 0.6 is 23.2 Å². The van der Waals surface area contributed by atoms with Crippen LogP contribution < -0.4 is 0 Å². The number of para-hydroxylation sites is 2. The molecule has 3 nitrogen and oxygen atoms in total. The number of halogens is 2. The zero-order valence-corrected chi connectivity index (χ0v) is 13.4. The summed E-state index contributed by atoms with van der Waals surface area (Å²) in [6.45, 7) is 0. The molecule has 0 spiro atoms. The highest BCUT2D eigenvalue weighted by Crippen LogP contribution is 2.35. The van der Waals surface area contributed by atoms with Crippen LogP contribution in [0.1, 0.15) is 6.17 Å². The van der Waals surface area contributed by atoms with E-state index in [9.17, 15) is 0 Å². The molecule has 5 heteroatoms. The molecule has 0 fully saturated rings. The molecule has 4 rings (SSSR count). The molecule has 0 saturated carbocycles. The largest absolute Gasteiger partial charge is 0.326 e. The number of aliphatic imine (C=N–C) groups is 1. The molecule has 0 saturated heterocycles. The summed E-state index contributed by atoms with van der Waals surface area (Å²) < 4.78 is 2.24. The highest BCUT2D eigenvalue weighted by molar-refractivity contribution is 6.65. The number of hydrogen-bond donors (Lipinski definition) is 0. The minimum atomic E-state index is -0.109. The number of fused-ring (bicyclic) bond motifs is 3. The second-order valence-corrected chi connectivity index (χ2v) is 6.02. The van der Waals surface area contributed by atoms with Gasteiger partial charge in [0.25, 0.3) is 0 Å². The van der Waals surface area contributed by atoms with Gasteiger partial charge in [-0.05, 0) is 29.8 Å². The van der Waals surface area contributed by atoms with Crippen molar-refractivity contribution in [3.05, 3.63) is 59.8 Å². The van der Waals surface area contributed by atoms with Gasteiger partial charge >= 0.3 is 0 Å². The van der Waals surface area contributed by atoms with Crippen LogP contribution in [0.5, 0.6) is 0 Å². The molecule has 0 N–H and O–H groups in total. The van der Waals surface area contributed by atoms with Crippen molar-refractivity contribution in [2.24, 2.45) is 4.99 Å². The van der Waals surface area contributed by atoms with Crippen molar-refractivity contribution in [1.82, 2.24) is 9.47 Å². The van der Waals surface area contributed by atoms with Crippen LogP contribution in [0.25, 0.3) is 21.8 Å². The minimum Gasteiger partial charge on any atom is -0.326 e. The van der Waals surface area contributed by atoms with Gasteiger partial charge in [0.15, 0.2) is 0 Å². The maximum Gasteiger partial charge on any atom is 0.201 e. The Bertz CT molecular complexity index is 886. The monoisotopic (exact) mass is 329 g/mol. The van der Waals surface area contributed by atoms with Gasteiger partial charge in [0.2, 0.25) is 5.29 Å². The second-order valence-electron chi connectivity index (χ2n) is 5.30. The van der Waals surface area contributed by atoms with Crippen LogP contribution in [0.4, 0.5) is 0 Å². The first kappa shape index (κ1) is 13.7. The smallest absolute Gasteiger partial charge is 0.201 e. The topological polar surface area (TPSA) is 20.5 Å². The van der Waals surface area contributed by atoms with Crippen LogP contribution in [0.15, 0.2) is 64.8 Å². The van der Waals surface area contributed by atoms with Crippen LogP contribution in [-0.4, -0.2) is 21.8 Å². The van der Waals surface area contributed by atoms with Crippen LogP contribution in [0.3, 0.4) is 0 Å². The van der Waals surface area contributed by atoms with Gasteiger partial charge in [-0.3, -0.25) is 0 Å². The van der Waals surface area contributed by atoms with Gasteiger partial charge in [0.1, 0.15) is 11.3 Å². The summed E-state index contributed by atoms with van der Waals surface area (Å²) in [4.78, 5) is 6.01. The minimum absolute atomic E-state index is 0.109. The van der Waals surface area contributed by atoms with Gasteiger partial charge in [-0.2, -0.15) is 0 Å². The fourth-order valence-corrected chi connectivity index (χ4v) is 3.46. The van der Waals surface area contributed by atoms with E-state index in [2.05, 4.69) is 46.0 Å². The van der Waals surface area contributed by atoms with E-state index >= 15 is 0 Å². The molecular weight excluding hydrogens is 317 g/mol. The maximum absolute atomic E-state index is 6.21. The number of rotatable bonds is 1. The lowest BCUT2D eigenvalue weighted by Gasteiger charge is -2.31.